The van der Waals surface area contributed by atoms with Crippen LogP contribution < -0.4 is 0 Å². The van der Waals surface area contributed by atoms with Crippen molar-refractivity contribution in [1.82, 2.24) is 14.8 Å². The van der Waals surface area contributed by atoms with Crippen LogP contribution in [-0.4, -0.2) is 46.2 Å². The second-order valence-corrected chi connectivity index (χ2v) is 10.0. The van der Waals surface area contributed by atoms with Crippen LogP contribution in [0.2, 0.25) is 10.0 Å². The number of benzene rings is 3. The minimum atomic E-state index is -0.248. The third kappa shape index (κ3) is 7.15. The van der Waals surface area contributed by atoms with Gasteiger partial charge in [-0.05, 0) is 48.2 Å². The molecule has 0 radical (unpaired) electrons. The van der Waals surface area contributed by atoms with Gasteiger partial charge in [-0.1, -0.05) is 85.1 Å². The first-order valence-electron chi connectivity index (χ1n) is 12.6. The lowest BCUT2D eigenvalue weighted by Gasteiger charge is -2.28. The number of fused-ring (bicyclic) bond motifs is 1. The summed E-state index contributed by atoms with van der Waals surface area (Å²) < 4.78 is 0. The smallest absolute Gasteiger partial charge is 0.254 e. The van der Waals surface area contributed by atoms with Gasteiger partial charge in [0, 0.05) is 52.3 Å². The van der Waals surface area contributed by atoms with Crippen molar-refractivity contribution in [2.45, 2.75) is 32.7 Å². The van der Waals surface area contributed by atoms with Gasteiger partial charge in [-0.15, -0.1) is 0 Å². The number of aromatic amines is 1. The summed E-state index contributed by atoms with van der Waals surface area (Å²) >= 11 is 12.3. The Balaban J connectivity index is 1.54. The molecular formula is C30H31Cl2N3O2. The molecule has 5 nitrogen and oxygen atoms in total. The van der Waals surface area contributed by atoms with Crippen LogP contribution in [0.25, 0.3) is 10.9 Å². The standard InChI is InChI=1S/C30H31Cl2N3O2/c1-2-3-14-35(30(37)24-16-25(31)18-26(32)17-24)21-29(36)34(20-22-9-5-4-6-10-22)15-13-23-19-33-28-12-8-7-11-27(23)28/h4-12,16-19,33H,2-3,13-15,20-21H2,1H3. The topological polar surface area (TPSA) is 56.4 Å². The number of para-hydroxylation sites is 1. The highest BCUT2D eigenvalue weighted by Gasteiger charge is 2.23. The molecule has 0 fully saturated rings. The van der Waals surface area contributed by atoms with Gasteiger partial charge in [-0.2, -0.15) is 0 Å². The van der Waals surface area contributed by atoms with E-state index in [0.29, 0.717) is 41.7 Å². The fraction of sp³-hybridized carbons (Fsp3) is 0.267. The number of amides is 2. The zero-order valence-electron chi connectivity index (χ0n) is 20.9. The average molecular weight is 537 g/mol. The number of hydrogen-bond donors (Lipinski definition) is 1. The summed E-state index contributed by atoms with van der Waals surface area (Å²) in [5, 5.41) is 1.94. The third-order valence-electron chi connectivity index (χ3n) is 6.40. The molecule has 0 aliphatic rings. The molecule has 1 aromatic heterocycles. The van der Waals surface area contributed by atoms with E-state index in [1.54, 1.807) is 23.1 Å². The molecule has 2 amide bonds. The number of H-pyrrole nitrogens is 1. The average Bonchev–Trinajstić information content (AvgIpc) is 3.31. The molecule has 1 heterocycles. The molecule has 3 aromatic carbocycles. The Bertz CT molecular complexity index is 1330. The summed E-state index contributed by atoms with van der Waals surface area (Å²) in [7, 11) is 0. The van der Waals surface area contributed by atoms with E-state index in [2.05, 4.69) is 18.0 Å². The number of hydrogen-bond acceptors (Lipinski definition) is 2. The van der Waals surface area contributed by atoms with Gasteiger partial charge in [-0.25, -0.2) is 0 Å². The molecule has 0 spiro atoms. The number of aromatic nitrogens is 1. The Morgan fingerprint density at radius 3 is 2.30 bits per heavy atom. The lowest BCUT2D eigenvalue weighted by Crippen LogP contribution is -2.43. The third-order valence-corrected chi connectivity index (χ3v) is 6.84. The minimum Gasteiger partial charge on any atom is -0.361 e. The Kier molecular flexibility index (Phi) is 9.26. The van der Waals surface area contributed by atoms with Crippen molar-refractivity contribution in [3.63, 3.8) is 0 Å². The second-order valence-electron chi connectivity index (χ2n) is 9.15. The van der Waals surface area contributed by atoms with Crippen molar-refractivity contribution in [2.24, 2.45) is 0 Å². The molecule has 0 aliphatic carbocycles. The monoisotopic (exact) mass is 535 g/mol. The molecule has 7 heteroatoms. The van der Waals surface area contributed by atoms with Crippen LogP contribution in [0, 0.1) is 0 Å². The van der Waals surface area contributed by atoms with E-state index in [0.717, 1.165) is 34.9 Å². The summed E-state index contributed by atoms with van der Waals surface area (Å²) in [5.41, 5.74) is 3.67. The maximum Gasteiger partial charge on any atom is 0.254 e. The summed E-state index contributed by atoms with van der Waals surface area (Å²) in [6.45, 7) is 3.54. The van der Waals surface area contributed by atoms with Gasteiger partial charge in [-0.3, -0.25) is 9.59 Å². The molecule has 0 atom stereocenters. The highest BCUT2D eigenvalue weighted by molar-refractivity contribution is 6.35. The molecule has 1 N–H and O–H groups in total. The fourth-order valence-corrected chi connectivity index (χ4v) is 4.94. The molecule has 0 saturated carbocycles. The maximum absolute atomic E-state index is 13.7. The summed E-state index contributed by atoms with van der Waals surface area (Å²) in [6, 6.07) is 22.9. The second kappa shape index (κ2) is 12.8. The van der Waals surface area contributed by atoms with E-state index in [4.69, 9.17) is 23.2 Å². The molecule has 0 saturated heterocycles. The van der Waals surface area contributed by atoms with Crippen molar-refractivity contribution < 1.29 is 9.59 Å². The summed E-state index contributed by atoms with van der Waals surface area (Å²) in [4.78, 5) is 33.8. The van der Waals surface area contributed by atoms with E-state index < -0.39 is 0 Å². The van der Waals surface area contributed by atoms with Crippen molar-refractivity contribution in [3.8, 4) is 0 Å². The zero-order valence-corrected chi connectivity index (χ0v) is 22.4. The van der Waals surface area contributed by atoms with E-state index >= 15 is 0 Å². The van der Waals surface area contributed by atoms with Crippen LogP contribution >= 0.6 is 23.2 Å². The lowest BCUT2D eigenvalue weighted by atomic mass is 10.1. The van der Waals surface area contributed by atoms with Crippen LogP contribution in [0.1, 0.15) is 41.3 Å². The van der Waals surface area contributed by atoms with Gasteiger partial charge < -0.3 is 14.8 Å². The maximum atomic E-state index is 13.7. The van der Waals surface area contributed by atoms with Crippen LogP contribution in [-0.2, 0) is 17.8 Å². The van der Waals surface area contributed by atoms with Gasteiger partial charge in [0.15, 0.2) is 0 Å². The quantitative estimate of drug-likeness (QED) is 0.225. The first-order valence-corrected chi connectivity index (χ1v) is 13.3. The Labute approximate surface area is 228 Å². The minimum absolute atomic E-state index is 0.0102. The molecule has 0 unspecified atom stereocenters. The fourth-order valence-electron chi connectivity index (χ4n) is 4.41. The Morgan fingerprint density at radius 1 is 0.865 bits per heavy atom. The summed E-state index contributed by atoms with van der Waals surface area (Å²) in [5.74, 6) is -0.344. The molecule has 192 valence electrons. The number of nitrogens with zero attached hydrogens (tertiary/aromatic N) is 2. The predicted octanol–water partition coefficient (Wildman–Crippen LogP) is 6.99. The predicted molar refractivity (Wildman–Crippen MR) is 151 cm³/mol. The number of carbonyl (C=O) groups excluding carboxylic acids is 2. The first-order chi connectivity index (χ1) is 17.9. The van der Waals surface area contributed by atoms with E-state index in [1.165, 1.54) is 0 Å². The Morgan fingerprint density at radius 2 is 1.57 bits per heavy atom. The van der Waals surface area contributed by atoms with Crippen molar-refractivity contribution in [2.75, 3.05) is 19.6 Å². The highest BCUT2D eigenvalue weighted by Crippen LogP contribution is 2.21. The van der Waals surface area contributed by atoms with Gasteiger partial charge in [0.1, 0.15) is 6.54 Å². The van der Waals surface area contributed by atoms with Crippen molar-refractivity contribution >= 4 is 45.9 Å². The first kappa shape index (κ1) is 26.8. The number of nitrogens with one attached hydrogen (secondary N) is 1. The highest BCUT2D eigenvalue weighted by atomic mass is 35.5. The molecule has 0 bridgehead atoms. The number of unbranched alkanes of at least 4 members (excludes halogenated alkanes) is 1. The van der Waals surface area contributed by atoms with Crippen LogP contribution in [0.3, 0.4) is 0 Å². The van der Waals surface area contributed by atoms with Crippen LogP contribution in [0.4, 0.5) is 0 Å². The lowest BCUT2D eigenvalue weighted by molar-refractivity contribution is -0.132. The molecule has 4 rings (SSSR count). The zero-order chi connectivity index (χ0) is 26.2. The largest absolute Gasteiger partial charge is 0.361 e. The van der Waals surface area contributed by atoms with E-state index in [-0.39, 0.29) is 18.4 Å². The number of carbonyl (C=O) groups is 2. The van der Waals surface area contributed by atoms with Crippen molar-refractivity contribution in [3.05, 3.63) is 106 Å². The van der Waals surface area contributed by atoms with Crippen LogP contribution in [0.15, 0.2) is 79.0 Å². The van der Waals surface area contributed by atoms with E-state index in [1.807, 2.05) is 59.6 Å². The van der Waals surface area contributed by atoms with Crippen molar-refractivity contribution in [1.29, 1.82) is 0 Å². The van der Waals surface area contributed by atoms with Gasteiger partial charge >= 0.3 is 0 Å². The molecule has 0 aliphatic heterocycles. The molecule has 4 aromatic rings. The number of rotatable bonds is 11. The van der Waals surface area contributed by atoms with Gasteiger partial charge in [0.05, 0.1) is 0 Å². The van der Waals surface area contributed by atoms with Crippen LogP contribution in [0.5, 0.6) is 0 Å². The molecule has 37 heavy (non-hydrogen) atoms. The Hall–Kier alpha value is -3.28. The van der Waals surface area contributed by atoms with E-state index in [9.17, 15) is 9.59 Å². The normalized spacial score (nSPS) is 11.0. The van der Waals surface area contributed by atoms with Gasteiger partial charge in [0.25, 0.3) is 5.91 Å². The summed E-state index contributed by atoms with van der Waals surface area (Å²) in [6.07, 6.45) is 4.41. The van der Waals surface area contributed by atoms with Gasteiger partial charge in [0.2, 0.25) is 5.91 Å². The SMILES string of the molecule is CCCCN(CC(=O)N(CCc1c[nH]c2ccccc12)Cc1ccccc1)C(=O)c1cc(Cl)cc(Cl)c1. The number of halogens is 2. The molecular weight excluding hydrogens is 505 g/mol.